The van der Waals surface area contributed by atoms with Gasteiger partial charge in [0.2, 0.25) is 0 Å². The van der Waals surface area contributed by atoms with Gasteiger partial charge in [-0.2, -0.15) is 0 Å². The molecular formula is C27H36N4O5S. The Hall–Kier alpha value is -2.76. The highest BCUT2D eigenvalue weighted by atomic mass is 32.1. The van der Waals surface area contributed by atoms with Gasteiger partial charge in [-0.25, -0.2) is 4.98 Å². The summed E-state index contributed by atoms with van der Waals surface area (Å²) in [5.41, 5.74) is 1.50. The van der Waals surface area contributed by atoms with Crippen LogP contribution in [-0.4, -0.2) is 91.1 Å². The van der Waals surface area contributed by atoms with Crippen LogP contribution in [0.5, 0.6) is 11.5 Å². The fourth-order valence-electron chi connectivity index (χ4n) is 4.54. The number of nitrogens with one attached hydrogen (secondary N) is 1. The van der Waals surface area contributed by atoms with E-state index in [1.165, 1.54) is 11.3 Å². The van der Waals surface area contributed by atoms with Crippen molar-refractivity contribution >= 4 is 21.6 Å². The molecule has 9 nitrogen and oxygen atoms in total. The molecule has 1 aromatic carbocycles. The Bertz CT molecular complexity index is 1240. The van der Waals surface area contributed by atoms with Crippen molar-refractivity contribution in [3.8, 4) is 22.6 Å². The summed E-state index contributed by atoms with van der Waals surface area (Å²) in [6, 6.07) is 5.61. The summed E-state index contributed by atoms with van der Waals surface area (Å²) in [7, 11) is 3.18. The first-order chi connectivity index (χ1) is 18.0. The van der Waals surface area contributed by atoms with Gasteiger partial charge in [-0.15, -0.1) is 17.9 Å². The van der Waals surface area contributed by atoms with Crippen molar-refractivity contribution in [2.75, 3.05) is 60.2 Å². The third-order valence-electron chi connectivity index (χ3n) is 6.57. The third kappa shape index (κ3) is 6.97. The van der Waals surface area contributed by atoms with Crippen molar-refractivity contribution in [3.63, 3.8) is 0 Å². The maximum absolute atomic E-state index is 13.2. The number of hydrogen-bond donors (Lipinski definition) is 2. The summed E-state index contributed by atoms with van der Waals surface area (Å²) in [6.07, 6.45) is 2.76. The molecule has 10 heteroatoms. The van der Waals surface area contributed by atoms with Crippen molar-refractivity contribution in [1.82, 2.24) is 19.8 Å². The van der Waals surface area contributed by atoms with E-state index < -0.39 is 6.10 Å². The smallest absolute Gasteiger partial charge is 0.260 e. The number of ether oxygens (including phenoxy) is 3. The topological polar surface area (TPSA) is 100 Å². The monoisotopic (exact) mass is 528 g/mol. The van der Waals surface area contributed by atoms with Crippen LogP contribution in [0.1, 0.15) is 18.7 Å². The summed E-state index contributed by atoms with van der Waals surface area (Å²) in [4.78, 5) is 26.2. The van der Waals surface area contributed by atoms with Crippen LogP contribution in [0, 0.1) is 0 Å². The van der Waals surface area contributed by atoms with Crippen LogP contribution >= 0.6 is 11.3 Å². The van der Waals surface area contributed by atoms with E-state index in [4.69, 9.17) is 19.2 Å². The number of rotatable bonds is 13. The van der Waals surface area contributed by atoms with Gasteiger partial charge in [-0.3, -0.25) is 14.6 Å². The van der Waals surface area contributed by atoms with Gasteiger partial charge >= 0.3 is 0 Å². The molecule has 1 atom stereocenters. The number of nitrogens with zero attached hydrogens (tertiary/aromatic N) is 3. The van der Waals surface area contributed by atoms with E-state index in [1.807, 2.05) is 29.7 Å². The molecule has 0 bridgehead atoms. The highest BCUT2D eigenvalue weighted by Gasteiger charge is 2.19. The average Bonchev–Trinajstić information content (AvgIpc) is 3.35. The van der Waals surface area contributed by atoms with Crippen molar-refractivity contribution < 1.29 is 19.3 Å². The fraction of sp³-hybridized carbons (Fsp3) is 0.481. The second kappa shape index (κ2) is 13.2. The molecule has 2 aromatic heterocycles. The van der Waals surface area contributed by atoms with E-state index in [1.54, 1.807) is 14.2 Å². The summed E-state index contributed by atoms with van der Waals surface area (Å²) < 4.78 is 16.2. The zero-order valence-electron chi connectivity index (χ0n) is 21.6. The minimum Gasteiger partial charge on any atom is -0.493 e. The Morgan fingerprint density at radius 1 is 1.30 bits per heavy atom. The van der Waals surface area contributed by atoms with Gasteiger partial charge in [0.1, 0.15) is 10.7 Å². The molecule has 0 amide bonds. The molecule has 37 heavy (non-hydrogen) atoms. The number of aliphatic hydroxyl groups is 1. The predicted octanol–water partition coefficient (Wildman–Crippen LogP) is 3.13. The molecule has 1 aliphatic heterocycles. The van der Waals surface area contributed by atoms with E-state index in [0.717, 1.165) is 56.9 Å². The Balaban J connectivity index is 1.55. The molecule has 3 aromatic rings. The number of morpholine rings is 1. The molecule has 1 saturated heterocycles. The second-order valence-corrected chi connectivity index (χ2v) is 9.98. The zero-order valence-corrected chi connectivity index (χ0v) is 22.4. The average molecular weight is 529 g/mol. The molecule has 4 rings (SSSR count). The number of fused-ring (bicyclic) bond motifs is 1. The highest BCUT2D eigenvalue weighted by molar-refractivity contribution is 7.17. The van der Waals surface area contributed by atoms with Gasteiger partial charge in [-0.05, 0) is 30.5 Å². The van der Waals surface area contributed by atoms with E-state index in [9.17, 15) is 9.90 Å². The van der Waals surface area contributed by atoms with Crippen LogP contribution < -0.4 is 15.0 Å². The maximum atomic E-state index is 13.2. The molecule has 1 aliphatic rings. The van der Waals surface area contributed by atoms with Gasteiger partial charge in [0.05, 0.1) is 45.5 Å². The van der Waals surface area contributed by atoms with E-state index in [0.29, 0.717) is 47.1 Å². The normalized spacial score (nSPS) is 15.2. The van der Waals surface area contributed by atoms with Crippen molar-refractivity contribution in [3.05, 3.63) is 52.4 Å². The lowest BCUT2D eigenvalue weighted by atomic mass is 10.1. The molecule has 1 fully saturated rings. The standard InChI is InChI=1S/C27H36N4O5S/c1-4-5-6-20(32)16-31(10-9-30-11-13-36-14-12-30)17-24-28-26(33)25-21(18-37-27(25)29-24)19-7-8-22(34-2)23(15-19)35-3/h4,7-8,15,18,20,32H,1,5-6,9-14,16-17H2,2-3H3,(H,28,29,33). The Labute approximate surface area is 221 Å². The molecule has 200 valence electrons. The van der Waals surface area contributed by atoms with Gasteiger partial charge in [0.15, 0.2) is 11.5 Å². The van der Waals surface area contributed by atoms with Crippen LogP contribution in [0.15, 0.2) is 41.0 Å². The molecule has 1 unspecified atom stereocenters. The first kappa shape index (κ1) is 27.3. The molecular weight excluding hydrogens is 492 g/mol. The number of aliphatic hydroxyl groups excluding tert-OH is 1. The van der Waals surface area contributed by atoms with Crippen LogP contribution in [0.3, 0.4) is 0 Å². The number of benzene rings is 1. The third-order valence-corrected chi connectivity index (χ3v) is 7.44. The van der Waals surface area contributed by atoms with Crippen LogP contribution in [-0.2, 0) is 11.3 Å². The molecule has 0 radical (unpaired) electrons. The van der Waals surface area contributed by atoms with E-state index >= 15 is 0 Å². The fourth-order valence-corrected chi connectivity index (χ4v) is 5.51. The van der Waals surface area contributed by atoms with Gasteiger partial charge in [-0.1, -0.05) is 12.1 Å². The number of aromatic nitrogens is 2. The minimum absolute atomic E-state index is 0.175. The van der Waals surface area contributed by atoms with Crippen molar-refractivity contribution in [1.29, 1.82) is 0 Å². The number of aromatic amines is 1. The lowest BCUT2D eigenvalue weighted by Crippen LogP contribution is -2.43. The Kier molecular flexibility index (Phi) is 9.70. The number of H-pyrrole nitrogens is 1. The van der Waals surface area contributed by atoms with Crippen LogP contribution in [0.25, 0.3) is 21.3 Å². The largest absolute Gasteiger partial charge is 0.493 e. The van der Waals surface area contributed by atoms with Crippen molar-refractivity contribution in [2.45, 2.75) is 25.5 Å². The number of thiophene rings is 1. The predicted molar refractivity (Wildman–Crippen MR) is 147 cm³/mol. The number of hydrogen-bond acceptors (Lipinski definition) is 9. The number of allylic oxidation sites excluding steroid dienone is 1. The first-order valence-corrected chi connectivity index (χ1v) is 13.4. The summed E-state index contributed by atoms with van der Waals surface area (Å²) in [5.74, 6) is 1.83. The SMILES string of the molecule is C=CCCC(O)CN(CCN1CCOCC1)Cc1nc2scc(-c3ccc(OC)c(OC)c3)c2c(=O)[nH]1. The lowest BCUT2D eigenvalue weighted by molar-refractivity contribution is 0.0285. The van der Waals surface area contributed by atoms with E-state index in [2.05, 4.69) is 21.4 Å². The molecule has 0 aliphatic carbocycles. The minimum atomic E-state index is -0.475. The Morgan fingerprint density at radius 2 is 2.08 bits per heavy atom. The zero-order chi connectivity index (χ0) is 26.2. The van der Waals surface area contributed by atoms with Crippen molar-refractivity contribution in [2.24, 2.45) is 0 Å². The van der Waals surface area contributed by atoms with Crippen LogP contribution in [0.2, 0.25) is 0 Å². The number of methoxy groups -OCH3 is 2. The maximum Gasteiger partial charge on any atom is 0.260 e. The van der Waals surface area contributed by atoms with Crippen LogP contribution in [0.4, 0.5) is 0 Å². The Morgan fingerprint density at radius 3 is 2.81 bits per heavy atom. The molecule has 0 saturated carbocycles. The summed E-state index contributed by atoms with van der Waals surface area (Å²) in [5, 5.41) is 13.1. The lowest BCUT2D eigenvalue weighted by Gasteiger charge is -2.30. The molecule has 2 N–H and O–H groups in total. The highest BCUT2D eigenvalue weighted by Crippen LogP contribution is 2.36. The quantitative estimate of drug-likeness (QED) is 0.327. The summed E-state index contributed by atoms with van der Waals surface area (Å²) in [6.45, 7) is 9.63. The van der Waals surface area contributed by atoms with Gasteiger partial charge in [0, 0.05) is 43.7 Å². The molecule has 3 heterocycles. The first-order valence-electron chi connectivity index (χ1n) is 12.6. The molecule has 0 spiro atoms. The van der Waals surface area contributed by atoms with Gasteiger partial charge < -0.3 is 24.3 Å². The summed E-state index contributed by atoms with van der Waals surface area (Å²) >= 11 is 1.44. The van der Waals surface area contributed by atoms with Gasteiger partial charge in [0.25, 0.3) is 5.56 Å². The second-order valence-electron chi connectivity index (χ2n) is 9.12. The van der Waals surface area contributed by atoms with E-state index in [-0.39, 0.29) is 5.56 Å².